The summed E-state index contributed by atoms with van der Waals surface area (Å²) in [7, 11) is 3.92. The van der Waals surface area contributed by atoms with E-state index in [0.29, 0.717) is 12.6 Å². The molecule has 1 atom stereocenters. The lowest BCUT2D eigenvalue weighted by molar-refractivity contribution is 0.0779. The smallest absolute Gasteiger partial charge is 0.119 e. The highest BCUT2D eigenvalue weighted by atomic mass is 16.5. The monoisotopic (exact) mass is 262 g/mol. The second-order valence-corrected chi connectivity index (χ2v) is 5.94. The number of nitrogens with two attached hydrogens (primary N) is 1. The number of methoxy groups -OCH3 is 1. The van der Waals surface area contributed by atoms with Crippen LogP contribution >= 0.6 is 0 Å². The zero-order valence-corrected chi connectivity index (χ0v) is 12.6. The largest absolute Gasteiger partial charge is 0.497 e. The summed E-state index contributed by atoms with van der Waals surface area (Å²) in [5.41, 5.74) is 9.06. The quantitative estimate of drug-likeness (QED) is 0.904. The van der Waals surface area contributed by atoms with Crippen molar-refractivity contribution in [2.75, 3.05) is 20.7 Å². The van der Waals surface area contributed by atoms with Gasteiger partial charge in [0, 0.05) is 18.1 Å². The van der Waals surface area contributed by atoms with E-state index in [9.17, 15) is 0 Å². The number of benzene rings is 1. The normalized spacial score (nSPS) is 22.7. The summed E-state index contributed by atoms with van der Waals surface area (Å²) in [6.07, 6.45) is 3.26. The molecule has 0 radical (unpaired) electrons. The van der Waals surface area contributed by atoms with Crippen LogP contribution in [0, 0.1) is 0 Å². The van der Waals surface area contributed by atoms with Crippen molar-refractivity contribution in [2.24, 2.45) is 5.73 Å². The van der Waals surface area contributed by atoms with Crippen molar-refractivity contribution in [3.63, 3.8) is 0 Å². The predicted octanol–water partition coefficient (Wildman–Crippen LogP) is 2.22. The number of aryl methyl sites for hydroxylation is 1. The van der Waals surface area contributed by atoms with Gasteiger partial charge in [-0.2, -0.15) is 0 Å². The minimum absolute atomic E-state index is 0.0908. The molecule has 106 valence electrons. The lowest BCUT2D eigenvalue weighted by atomic mass is 9.76. The van der Waals surface area contributed by atoms with E-state index in [0.717, 1.165) is 25.0 Å². The molecule has 0 amide bonds. The average molecular weight is 262 g/mol. The molecule has 0 aliphatic heterocycles. The summed E-state index contributed by atoms with van der Waals surface area (Å²) in [4.78, 5) is 2.44. The van der Waals surface area contributed by atoms with Crippen LogP contribution in [0.1, 0.15) is 31.4 Å². The van der Waals surface area contributed by atoms with Crippen molar-refractivity contribution >= 4 is 0 Å². The molecule has 0 saturated heterocycles. The molecule has 0 saturated carbocycles. The molecule has 1 aliphatic carbocycles. The van der Waals surface area contributed by atoms with Gasteiger partial charge in [0.25, 0.3) is 0 Å². The minimum Gasteiger partial charge on any atom is -0.497 e. The van der Waals surface area contributed by atoms with Crippen molar-refractivity contribution in [3.05, 3.63) is 29.3 Å². The number of fused-ring (bicyclic) bond motifs is 1. The van der Waals surface area contributed by atoms with Gasteiger partial charge in [-0.15, -0.1) is 0 Å². The maximum Gasteiger partial charge on any atom is 0.119 e. The summed E-state index contributed by atoms with van der Waals surface area (Å²) < 4.78 is 5.35. The van der Waals surface area contributed by atoms with Gasteiger partial charge in [-0.05, 0) is 63.4 Å². The highest BCUT2D eigenvalue weighted by Crippen LogP contribution is 2.34. The summed E-state index contributed by atoms with van der Waals surface area (Å²) in [5, 5.41) is 0. The average Bonchev–Trinajstić information content (AvgIpc) is 2.44. The molecular weight excluding hydrogens is 236 g/mol. The molecule has 19 heavy (non-hydrogen) atoms. The number of nitrogens with zero attached hydrogens (tertiary/aromatic N) is 1. The van der Waals surface area contributed by atoms with Crippen LogP contribution in [-0.4, -0.2) is 37.2 Å². The Morgan fingerprint density at radius 1 is 1.37 bits per heavy atom. The van der Waals surface area contributed by atoms with E-state index < -0.39 is 0 Å². The Balaban J connectivity index is 2.32. The molecule has 0 aromatic heterocycles. The van der Waals surface area contributed by atoms with Crippen molar-refractivity contribution in [1.29, 1.82) is 0 Å². The van der Waals surface area contributed by atoms with Crippen molar-refractivity contribution in [2.45, 2.75) is 44.7 Å². The Morgan fingerprint density at radius 2 is 2.11 bits per heavy atom. The third kappa shape index (κ3) is 2.63. The second-order valence-electron chi connectivity index (χ2n) is 5.94. The van der Waals surface area contributed by atoms with Crippen LogP contribution in [0.15, 0.2) is 18.2 Å². The maximum atomic E-state index is 6.13. The molecule has 3 nitrogen and oxygen atoms in total. The first-order valence-corrected chi connectivity index (χ1v) is 7.11. The molecule has 1 aliphatic rings. The van der Waals surface area contributed by atoms with Crippen molar-refractivity contribution < 1.29 is 4.74 Å². The maximum absolute atomic E-state index is 6.13. The van der Waals surface area contributed by atoms with Gasteiger partial charge < -0.3 is 10.5 Å². The molecule has 0 bridgehead atoms. The van der Waals surface area contributed by atoms with Crippen LogP contribution in [-0.2, 0) is 12.8 Å². The highest BCUT2D eigenvalue weighted by Gasteiger charge is 2.37. The Labute approximate surface area is 116 Å². The third-order valence-corrected chi connectivity index (χ3v) is 4.70. The molecule has 3 heteroatoms. The first kappa shape index (κ1) is 14.4. The summed E-state index contributed by atoms with van der Waals surface area (Å²) in [6.45, 7) is 5.18. The fraction of sp³-hybridized carbons (Fsp3) is 0.625. The molecule has 1 unspecified atom stereocenters. The summed E-state index contributed by atoms with van der Waals surface area (Å²) in [5.74, 6) is 0.943. The Morgan fingerprint density at radius 3 is 2.68 bits per heavy atom. The van der Waals surface area contributed by atoms with Crippen LogP contribution in [0.4, 0.5) is 0 Å². The topological polar surface area (TPSA) is 38.5 Å². The van der Waals surface area contributed by atoms with Gasteiger partial charge in [-0.1, -0.05) is 6.07 Å². The fourth-order valence-corrected chi connectivity index (χ4v) is 3.11. The number of hydrogen-bond donors (Lipinski definition) is 1. The molecular formula is C16H26N2O. The van der Waals surface area contributed by atoms with Crippen LogP contribution in [0.2, 0.25) is 0 Å². The predicted molar refractivity (Wildman–Crippen MR) is 79.7 cm³/mol. The number of likely N-dealkylation sites (N-methyl/N-ethyl adjacent to an activating group) is 1. The summed E-state index contributed by atoms with van der Waals surface area (Å²) in [6, 6.07) is 6.94. The van der Waals surface area contributed by atoms with Gasteiger partial charge >= 0.3 is 0 Å². The first-order valence-electron chi connectivity index (χ1n) is 7.11. The van der Waals surface area contributed by atoms with Crippen molar-refractivity contribution in [1.82, 2.24) is 4.90 Å². The summed E-state index contributed by atoms with van der Waals surface area (Å²) >= 11 is 0. The van der Waals surface area contributed by atoms with E-state index in [1.165, 1.54) is 11.1 Å². The van der Waals surface area contributed by atoms with Crippen LogP contribution in [0.3, 0.4) is 0 Å². The standard InChI is InChI=1S/C16H26N2O/c1-12(2)18(3)16(11-17)8-7-13-5-6-15(19-4)9-14(13)10-16/h5-6,9,12H,7-8,10-11,17H2,1-4H3. The second kappa shape index (κ2) is 5.51. The highest BCUT2D eigenvalue weighted by molar-refractivity contribution is 5.39. The minimum atomic E-state index is 0.0908. The molecule has 0 spiro atoms. The zero-order valence-electron chi connectivity index (χ0n) is 12.6. The SMILES string of the molecule is COc1ccc2c(c1)CC(CN)(N(C)C(C)C)CC2. The molecule has 0 heterocycles. The first-order chi connectivity index (χ1) is 9.02. The van der Waals surface area contributed by atoms with Crippen LogP contribution < -0.4 is 10.5 Å². The van der Waals surface area contributed by atoms with Gasteiger partial charge in [0.1, 0.15) is 5.75 Å². The fourth-order valence-electron chi connectivity index (χ4n) is 3.11. The third-order valence-electron chi connectivity index (χ3n) is 4.70. The Kier molecular flexibility index (Phi) is 4.16. The molecule has 1 aromatic rings. The zero-order chi connectivity index (χ0) is 14.0. The molecule has 1 aromatic carbocycles. The molecule has 2 N–H and O–H groups in total. The Bertz CT molecular complexity index is 444. The van der Waals surface area contributed by atoms with E-state index in [4.69, 9.17) is 10.5 Å². The van der Waals surface area contributed by atoms with Gasteiger partial charge in [-0.3, -0.25) is 4.90 Å². The van der Waals surface area contributed by atoms with E-state index in [1.54, 1.807) is 7.11 Å². The van der Waals surface area contributed by atoms with E-state index in [1.807, 2.05) is 0 Å². The van der Waals surface area contributed by atoms with E-state index in [2.05, 4.69) is 44.0 Å². The van der Waals surface area contributed by atoms with Gasteiger partial charge in [-0.25, -0.2) is 0 Å². The Hall–Kier alpha value is -1.06. The van der Waals surface area contributed by atoms with Gasteiger partial charge in [0.05, 0.1) is 7.11 Å². The van der Waals surface area contributed by atoms with Crippen molar-refractivity contribution in [3.8, 4) is 5.75 Å². The number of ether oxygens (including phenoxy) is 1. The number of rotatable bonds is 4. The lowest BCUT2D eigenvalue weighted by Crippen LogP contribution is -2.57. The van der Waals surface area contributed by atoms with Gasteiger partial charge in [0.15, 0.2) is 0 Å². The van der Waals surface area contributed by atoms with Crippen LogP contribution in [0.5, 0.6) is 5.75 Å². The molecule has 0 fully saturated rings. The van der Waals surface area contributed by atoms with Gasteiger partial charge in [0.2, 0.25) is 0 Å². The van der Waals surface area contributed by atoms with Crippen LogP contribution in [0.25, 0.3) is 0 Å². The number of hydrogen-bond acceptors (Lipinski definition) is 3. The molecule has 2 rings (SSSR count). The lowest BCUT2D eigenvalue weighted by Gasteiger charge is -2.46. The van der Waals surface area contributed by atoms with E-state index >= 15 is 0 Å². The van der Waals surface area contributed by atoms with E-state index in [-0.39, 0.29) is 5.54 Å².